The number of unbranched alkanes of at least 4 members (excludes halogenated alkanes) is 4. The average molecular weight is 703 g/mol. The van der Waals surface area contributed by atoms with Crippen molar-refractivity contribution in [2.75, 3.05) is 26.4 Å². The molecule has 252 valence electrons. The van der Waals surface area contributed by atoms with E-state index < -0.39 is 30.0 Å². The van der Waals surface area contributed by atoms with Crippen LogP contribution in [-0.2, 0) is 18.9 Å². The zero-order chi connectivity index (χ0) is 33.2. The molecule has 0 saturated carbocycles. The normalized spacial score (nSPS) is 9.30. The van der Waals surface area contributed by atoms with Crippen LogP contribution in [0.4, 0.5) is 4.79 Å². The van der Waals surface area contributed by atoms with Gasteiger partial charge in [0.1, 0.15) is 0 Å². The van der Waals surface area contributed by atoms with Crippen LogP contribution in [0.15, 0.2) is 48.5 Å². The van der Waals surface area contributed by atoms with Crippen LogP contribution in [0.2, 0.25) is 0 Å². The minimum Gasteiger partial charge on any atom is -1.00 e. The van der Waals surface area contributed by atoms with E-state index in [1.54, 1.807) is 48.5 Å². The number of rotatable bonds is 16. The van der Waals surface area contributed by atoms with E-state index in [0.29, 0.717) is 26.4 Å². The van der Waals surface area contributed by atoms with Gasteiger partial charge in [-0.2, -0.15) is 0 Å². The molecular formula is C33H50Ca2O11. The molecular weight excluding hydrogens is 653 g/mol. The zero-order valence-electron chi connectivity index (χ0n) is 31.6. The first kappa shape index (κ1) is 48.5. The molecule has 2 rings (SSSR count). The first-order valence-corrected chi connectivity index (χ1v) is 14.9. The number of carbonyl (C=O) groups is 5. The first-order valence-electron chi connectivity index (χ1n) is 14.9. The van der Waals surface area contributed by atoms with Crippen LogP contribution in [0, 0.1) is 0 Å². The predicted octanol–water partition coefficient (Wildman–Crippen LogP) is 7.11. The van der Waals surface area contributed by atoms with Gasteiger partial charge in [0.25, 0.3) is 0 Å². The molecule has 0 spiro atoms. The Labute approximate surface area is 337 Å². The monoisotopic (exact) mass is 702 g/mol. The molecule has 0 amide bonds. The summed E-state index contributed by atoms with van der Waals surface area (Å²) in [6.07, 6.45) is 5.23. The zero-order valence-corrected chi connectivity index (χ0v) is 32.0. The summed E-state index contributed by atoms with van der Waals surface area (Å²) in [5, 5.41) is 13.9. The second-order valence-corrected chi connectivity index (χ2v) is 9.33. The summed E-state index contributed by atoms with van der Waals surface area (Å²) in [7, 11) is 0. The molecule has 0 aliphatic heterocycles. The topological polar surface area (TPSA) is 163 Å². The fourth-order valence-corrected chi connectivity index (χ4v) is 3.23. The largest absolute Gasteiger partial charge is 2.00 e. The molecule has 0 heterocycles. The summed E-state index contributed by atoms with van der Waals surface area (Å²) in [5.41, 5.74) is 1.07. The summed E-state index contributed by atoms with van der Waals surface area (Å²) in [6.45, 7) is 9.56. The molecule has 11 nitrogen and oxygen atoms in total. The van der Waals surface area contributed by atoms with Crippen molar-refractivity contribution in [1.29, 1.82) is 0 Å². The molecule has 2 aromatic carbocycles. The number of benzene rings is 2. The van der Waals surface area contributed by atoms with E-state index in [0.717, 1.165) is 51.4 Å². The van der Waals surface area contributed by atoms with Crippen molar-refractivity contribution in [1.82, 2.24) is 0 Å². The van der Waals surface area contributed by atoms with Gasteiger partial charge in [-0.15, -0.1) is 0 Å². The minimum atomic E-state index is -1.83. The van der Waals surface area contributed by atoms with Gasteiger partial charge in [0, 0.05) is 0 Å². The van der Waals surface area contributed by atoms with Gasteiger partial charge in [0.2, 0.25) is 0 Å². The van der Waals surface area contributed by atoms with Crippen LogP contribution >= 0.6 is 0 Å². The molecule has 0 aromatic heterocycles. The van der Waals surface area contributed by atoms with Crippen molar-refractivity contribution in [2.24, 2.45) is 0 Å². The van der Waals surface area contributed by atoms with Crippen molar-refractivity contribution < 1.29 is 58.8 Å². The smallest absolute Gasteiger partial charge is 1.00 e. The molecule has 0 atom stereocenters. The minimum absolute atomic E-state index is 0. The quantitative estimate of drug-likeness (QED) is 0.0793. The fourth-order valence-electron chi connectivity index (χ4n) is 3.23. The second-order valence-electron chi connectivity index (χ2n) is 9.33. The van der Waals surface area contributed by atoms with Crippen molar-refractivity contribution in [3.8, 4) is 0 Å². The Kier molecular flexibility index (Phi) is 33.4. The van der Waals surface area contributed by atoms with E-state index in [9.17, 15) is 19.2 Å². The van der Waals surface area contributed by atoms with Gasteiger partial charge in [-0.25, -0.2) is 24.0 Å². The van der Waals surface area contributed by atoms with Gasteiger partial charge < -0.3 is 34.9 Å². The molecule has 0 unspecified atom stereocenters. The van der Waals surface area contributed by atoms with Crippen LogP contribution in [-0.4, -0.2) is 142 Å². The maximum atomic E-state index is 11.9. The third-order valence-corrected chi connectivity index (χ3v) is 5.66. The van der Waals surface area contributed by atoms with Gasteiger partial charge in [-0.1, -0.05) is 77.6 Å². The standard InChI is InChI=1S/2C16H22O4.CH2O3.2Ca.4H/c2*1-3-5-11-19-15(17)13-9-7-8-10-14(13)16(18)20-12-6-4-2;2-1(3)4;;;;;;/h2*7-10H,3-6,11-12H2,1-2H3;(H2,2,3,4);;;;;;/q;;;2*+2;4*-1. The van der Waals surface area contributed by atoms with Crippen LogP contribution in [0.3, 0.4) is 0 Å². The summed E-state index contributed by atoms with van der Waals surface area (Å²) in [4.78, 5) is 56.3. The molecule has 13 heteroatoms. The Bertz CT molecular complexity index is 1010. The Morgan fingerprint density at radius 1 is 0.478 bits per heavy atom. The molecule has 0 saturated heterocycles. The number of carbonyl (C=O) groups excluding carboxylic acids is 4. The predicted molar refractivity (Wildman–Crippen MR) is 180 cm³/mol. The number of ether oxygens (including phenoxy) is 4. The van der Waals surface area contributed by atoms with Gasteiger partial charge in [-0.05, 0) is 49.9 Å². The Morgan fingerprint density at radius 3 is 0.804 bits per heavy atom. The summed E-state index contributed by atoms with van der Waals surface area (Å²) in [5.74, 6) is -1.88. The second kappa shape index (κ2) is 31.7. The van der Waals surface area contributed by atoms with Gasteiger partial charge >= 0.3 is 106 Å². The third kappa shape index (κ3) is 22.6. The van der Waals surface area contributed by atoms with E-state index in [2.05, 4.69) is 0 Å². The van der Waals surface area contributed by atoms with E-state index in [1.165, 1.54) is 0 Å². The van der Waals surface area contributed by atoms with Crippen LogP contribution in [0.25, 0.3) is 0 Å². The Balaban J connectivity index is -0.000000120. The van der Waals surface area contributed by atoms with E-state index in [-0.39, 0.29) is 103 Å². The maximum Gasteiger partial charge on any atom is 2.00 e. The van der Waals surface area contributed by atoms with Gasteiger partial charge in [0.05, 0.1) is 48.7 Å². The Morgan fingerprint density at radius 2 is 0.652 bits per heavy atom. The number of esters is 4. The number of hydrogen-bond donors (Lipinski definition) is 2. The molecule has 0 aliphatic rings. The molecule has 2 aromatic rings. The van der Waals surface area contributed by atoms with Crippen LogP contribution in [0.5, 0.6) is 0 Å². The molecule has 46 heavy (non-hydrogen) atoms. The van der Waals surface area contributed by atoms with Gasteiger partial charge in [-0.3, -0.25) is 0 Å². The summed E-state index contributed by atoms with van der Waals surface area (Å²) in [6, 6.07) is 13.2. The molecule has 0 bridgehead atoms. The van der Waals surface area contributed by atoms with Crippen LogP contribution < -0.4 is 0 Å². The van der Waals surface area contributed by atoms with E-state index in [4.69, 9.17) is 34.0 Å². The number of hydrogen-bond acceptors (Lipinski definition) is 9. The molecule has 0 aliphatic carbocycles. The third-order valence-electron chi connectivity index (χ3n) is 5.66. The van der Waals surface area contributed by atoms with E-state index in [1.807, 2.05) is 27.7 Å². The molecule has 0 radical (unpaired) electrons. The maximum absolute atomic E-state index is 11.9. The summed E-state index contributed by atoms with van der Waals surface area (Å²) < 4.78 is 20.6. The molecule has 0 fully saturated rings. The average Bonchev–Trinajstić information content (AvgIpc) is 3.01. The Hall–Kier alpha value is -1.89. The van der Waals surface area contributed by atoms with Crippen molar-refractivity contribution >= 4 is 106 Å². The van der Waals surface area contributed by atoms with Gasteiger partial charge in [0.15, 0.2) is 0 Å². The van der Waals surface area contributed by atoms with E-state index >= 15 is 0 Å². The van der Waals surface area contributed by atoms with Crippen molar-refractivity contribution in [3.63, 3.8) is 0 Å². The summed E-state index contributed by atoms with van der Waals surface area (Å²) >= 11 is 0. The number of carboxylic acid groups (broad SMARTS) is 2. The van der Waals surface area contributed by atoms with Crippen molar-refractivity contribution in [2.45, 2.75) is 79.1 Å². The SMILES string of the molecule is CCCCOC(=O)c1ccccc1C(=O)OCCCC.CCCCOC(=O)c1ccccc1C(=O)OCCCC.O=C(O)O.[Ca+2].[Ca+2].[H-].[H-].[H-].[H-]. The molecule has 2 N–H and O–H groups in total. The van der Waals surface area contributed by atoms with Crippen molar-refractivity contribution in [3.05, 3.63) is 70.8 Å². The van der Waals surface area contributed by atoms with Crippen LogP contribution in [0.1, 0.15) is 126 Å². The fraction of sp³-hybridized carbons (Fsp3) is 0.485. The first-order chi connectivity index (χ1) is 21.1.